The van der Waals surface area contributed by atoms with E-state index in [0.29, 0.717) is 16.5 Å². The standard InChI is InChI=1S/C14H17NO5S/c1-3-20-14(19)10-9(8-4-5-8)6-21-12(10)15-11(16)7(2)13(17)18/h6-8H,3-5H2,1-2H3,(H,15,16)(H,17,18). The Hall–Kier alpha value is -1.89. The number of ether oxygens (including phenoxy) is 1. The van der Waals surface area contributed by atoms with Crippen LogP contribution in [0, 0.1) is 5.92 Å². The van der Waals surface area contributed by atoms with Crippen LogP contribution in [-0.2, 0) is 14.3 Å². The molecule has 1 heterocycles. The Labute approximate surface area is 126 Å². The zero-order valence-electron chi connectivity index (χ0n) is 11.8. The molecule has 1 unspecified atom stereocenters. The highest BCUT2D eigenvalue weighted by molar-refractivity contribution is 7.15. The summed E-state index contributed by atoms with van der Waals surface area (Å²) in [6.07, 6.45) is 2.03. The first-order chi connectivity index (χ1) is 9.95. The minimum atomic E-state index is -1.20. The lowest BCUT2D eigenvalue weighted by Gasteiger charge is -2.10. The zero-order chi connectivity index (χ0) is 15.6. The van der Waals surface area contributed by atoms with Gasteiger partial charge in [0, 0.05) is 0 Å². The molecular formula is C14H17NO5S. The van der Waals surface area contributed by atoms with E-state index < -0.39 is 23.8 Å². The molecule has 6 nitrogen and oxygen atoms in total. The molecule has 1 fully saturated rings. The Morgan fingerprint density at radius 2 is 2.14 bits per heavy atom. The maximum Gasteiger partial charge on any atom is 0.341 e. The van der Waals surface area contributed by atoms with Crippen molar-refractivity contribution in [1.29, 1.82) is 0 Å². The van der Waals surface area contributed by atoms with Crippen molar-refractivity contribution >= 4 is 34.2 Å². The number of hydrogen-bond acceptors (Lipinski definition) is 5. The maximum atomic E-state index is 12.1. The number of rotatable bonds is 6. The summed E-state index contributed by atoms with van der Waals surface area (Å²) < 4.78 is 5.04. The molecule has 1 saturated carbocycles. The van der Waals surface area contributed by atoms with Gasteiger partial charge >= 0.3 is 11.9 Å². The molecule has 1 aromatic rings. The van der Waals surface area contributed by atoms with Crippen molar-refractivity contribution < 1.29 is 24.2 Å². The molecule has 2 N–H and O–H groups in total. The monoisotopic (exact) mass is 311 g/mol. The number of amides is 1. The number of carboxylic acids is 1. The zero-order valence-corrected chi connectivity index (χ0v) is 12.7. The van der Waals surface area contributed by atoms with Gasteiger partial charge in [-0.05, 0) is 43.6 Å². The molecule has 21 heavy (non-hydrogen) atoms. The fourth-order valence-electron chi connectivity index (χ4n) is 1.90. The number of carboxylic acid groups (broad SMARTS) is 1. The van der Waals surface area contributed by atoms with Gasteiger partial charge in [-0.2, -0.15) is 0 Å². The van der Waals surface area contributed by atoms with Crippen molar-refractivity contribution in [2.75, 3.05) is 11.9 Å². The summed E-state index contributed by atoms with van der Waals surface area (Å²) in [5, 5.41) is 13.6. The van der Waals surface area contributed by atoms with Crippen LogP contribution in [0.3, 0.4) is 0 Å². The molecule has 0 radical (unpaired) electrons. The summed E-state index contributed by atoms with van der Waals surface area (Å²) in [6.45, 7) is 3.26. The highest BCUT2D eigenvalue weighted by Gasteiger charge is 2.33. The van der Waals surface area contributed by atoms with Crippen molar-refractivity contribution in [1.82, 2.24) is 0 Å². The quantitative estimate of drug-likeness (QED) is 0.622. The van der Waals surface area contributed by atoms with Crippen LogP contribution in [0.4, 0.5) is 5.00 Å². The molecule has 1 aliphatic rings. The average Bonchev–Trinajstić information content (AvgIpc) is 3.19. The number of carbonyl (C=O) groups is 3. The molecule has 2 rings (SSSR count). The van der Waals surface area contributed by atoms with Crippen LogP contribution in [0.15, 0.2) is 5.38 Å². The average molecular weight is 311 g/mol. The number of hydrogen-bond donors (Lipinski definition) is 2. The van der Waals surface area contributed by atoms with E-state index in [0.717, 1.165) is 18.4 Å². The Morgan fingerprint density at radius 3 is 2.67 bits per heavy atom. The predicted molar refractivity (Wildman–Crippen MR) is 77.7 cm³/mol. The number of carbonyl (C=O) groups excluding carboxylic acids is 2. The smallest absolute Gasteiger partial charge is 0.341 e. The van der Waals surface area contributed by atoms with E-state index >= 15 is 0 Å². The lowest BCUT2D eigenvalue weighted by Crippen LogP contribution is -2.27. The molecule has 1 amide bonds. The summed E-state index contributed by atoms with van der Waals surface area (Å²) in [5.41, 5.74) is 1.26. The molecule has 1 aromatic heterocycles. The number of anilines is 1. The van der Waals surface area contributed by atoms with Crippen LogP contribution in [0.2, 0.25) is 0 Å². The van der Waals surface area contributed by atoms with Gasteiger partial charge in [0.05, 0.1) is 12.2 Å². The first-order valence-electron chi connectivity index (χ1n) is 6.77. The summed E-state index contributed by atoms with van der Waals surface area (Å²) in [6, 6.07) is 0. The molecule has 0 spiro atoms. The minimum Gasteiger partial charge on any atom is -0.481 e. The number of thiophene rings is 1. The largest absolute Gasteiger partial charge is 0.481 e. The van der Waals surface area contributed by atoms with Gasteiger partial charge in [0.1, 0.15) is 10.9 Å². The molecule has 0 saturated heterocycles. The molecule has 1 aliphatic carbocycles. The first-order valence-corrected chi connectivity index (χ1v) is 7.65. The first kappa shape index (κ1) is 15.5. The number of nitrogens with one attached hydrogen (secondary N) is 1. The molecule has 7 heteroatoms. The van der Waals surface area contributed by atoms with E-state index in [1.807, 2.05) is 5.38 Å². The maximum absolute atomic E-state index is 12.1. The highest BCUT2D eigenvalue weighted by Crippen LogP contribution is 2.46. The fraction of sp³-hybridized carbons (Fsp3) is 0.500. The fourth-order valence-corrected chi connectivity index (χ4v) is 2.94. The number of aliphatic carboxylic acids is 1. The molecule has 0 bridgehead atoms. The third-order valence-corrected chi connectivity index (χ3v) is 4.23. The van der Waals surface area contributed by atoms with Gasteiger partial charge in [0.2, 0.25) is 5.91 Å². The van der Waals surface area contributed by atoms with E-state index in [9.17, 15) is 14.4 Å². The van der Waals surface area contributed by atoms with Gasteiger partial charge in [0.25, 0.3) is 0 Å². The second-order valence-electron chi connectivity index (χ2n) is 4.94. The third-order valence-electron chi connectivity index (χ3n) is 3.32. The summed E-state index contributed by atoms with van der Waals surface area (Å²) >= 11 is 1.23. The van der Waals surface area contributed by atoms with Gasteiger partial charge in [-0.1, -0.05) is 0 Å². The lowest BCUT2D eigenvalue weighted by molar-refractivity contribution is -0.144. The van der Waals surface area contributed by atoms with Crippen LogP contribution in [0.5, 0.6) is 0 Å². The second-order valence-corrected chi connectivity index (χ2v) is 5.82. The van der Waals surface area contributed by atoms with Crippen molar-refractivity contribution in [3.8, 4) is 0 Å². The number of esters is 1. The minimum absolute atomic E-state index is 0.248. The van der Waals surface area contributed by atoms with E-state index in [4.69, 9.17) is 9.84 Å². The van der Waals surface area contributed by atoms with Crippen LogP contribution >= 0.6 is 11.3 Å². The van der Waals surface area contributed by atoms with Gasteiger partial charge in [0.15, 0.2) is 0 Å². The SMILES string of the molecule is CCOC(=O)c1c(C2CC2)csc1NC(=O)C(C)C(=O)O. The summed E-state index contributed by atoms with van der Waals surface area (Å²) in [5.74, 6) is -3.16. The van der Waals surface area contributed by atoms with E-state index in [2.05, 4.69) is 5.32 Å². The normalized spacial score (nSPS) is 15.3. The van der Waals surface area contributed by atoms with Crippen molar-refractivity contribution in [3.05, 3.63) is 16.5 Å². The van der Waals surface area contributed by atoms with Gasteiger partial charge in [-0.15, -0.1) is 11.3 Å². The summed E-state index contributed by atoms with van der Waals surface area (Å²) in [7, 11) is 0. The Bertz CT molecular complexity index is 576. The Morgan fingerprint density at radius 1 is 1.48 bits per heavy atom. The molecular weight excluding hydrogens is 294 g/mol. The predicted octanol–water partition coefficient (Wildman–Crippen LogP) is 2.46. The van der Waals surface area contributed by atoms with E-state index in [1.54, 1.807) is 6.92 Å². The molecule has 1 atom stereocenters. The molecule has 0 aromatic carbocycles. The van der Waals surface area contributed by atoms with E-state index in [1.165, 1.54) is 18.3 Å². The Kier molecular flexibility index (Phi) is 4.62. The van der Waals surface area contributed by atoms with Crippen molar-refractivity contribution in [2.45, 2.75) is 32.6 Å². The van der Waals surface area contributed by atoms with Gasteiger partial charge in [-0.3, -0.25) is 9.59 Å². The third kappa shape index (κ3) is 3.41. The molecule has 114 valence electrons. The van der Waals surface area contributed by atoms with E-state index in [-0.39, 0.29) is 6.61 Å². The Balaban J connectivity index is 2.24. The molecule has 0 aliphatic heterocycles. The lowest BCUT2D eigenvalue weighted by atomic mass is 10.1. The topological polar surface area (TPSA) is 92.7 Å². The van der Waals surface area contributed by atoms with Gasteiger partial charge < -0.3 is 15.2 Å². The second kappa shape index (κ2) is 6.26. The van der Waals surface area contributed by atoms with Crippen LogP contribution in [0.1, 0.15) is 48.5 Å². The highest BCUT2D eigenvalue weighted by atomic mass is 32.1. The van der Waals surface area contributed by atoms with Gasteiger partial charge in [-0.25, -0.2) is 4.79 Å². The van der Waals surface area contributed by atoms with Crippen LogP contribution < -0.4 is 5.32 Å². The van der Waals surface area contributed by atoms with Crippen LogP contribution in [0.25, 0.3) is 0 Å². The summed E-state index contributed by atoms with van der Waals surface area (Å²) in [4.78, 5) is 34.8. The van der Waals surface area contributed by atoms with Crippen LogP contribution in [-0.4, -0.2) is 29.6 Å². The van der Waals surface area contributed by atoms with Crippen molar-refractivity contribution in [2.24, 2.45) is 5.92 Å². The van der Waals surface area contributed by atoms with Crippen molar-refractivity contribution in [3.63, 3.8) is 0 Å².